The Kier molecular flexibility index (Phi) is 7.52. The predicted octanol–water partition coefficient (Wildman–Crippen LogP) is 4.23. The second-order valence-corrected chi connectivity index (χ2v) is 9.88. The lowest BCUT2D eigenvalue weighted by atomic mass is 10.1. The molecule has 158 valence electrons. The van der Waals surface area contributed by atoms with Crippen LogP contribution in [0.25, 0.3) is 0 Å². The van der Waals surface area contributed by atoms with Crippen LogP contribution in [-0.2, 0) is 21.1 Å². The number of benzene rings is 2. The van der Waals surface area contributed by atoms with E-state index >= 15 is 0 Å². The van der Waals surface area contributed by atoms with Gasteiger partial charge in [-0.05, 0) is 54.6 Å². The summed E-state index contributed by atoms with van der Waals surface area (Å²) in [4.78, 5) is 13.4. The molecule has 1 N–H and O–H groups in total. The number of carbonyl (C=O) groups is 1. The van der Waals surface area contributed by atoms with Crippen LogP contribution in [0.4, 0.5) is 6.01 Å². The van der Waals surface area contributed by atoms with E-state index in [4.69, 9.17) is 16.0 Å². The monoisotopic (exact) mass is 465 g/mol. The number of hydrogen-bond donors (Lipinski definition) is 1. The quantitative estimate of drug-likeness (QED) is 0.471. The summed E-state index contributed by atoms with van der Waals surface area (Å²) in [7, 11) is -3.47. The molecule has 0 atom stereocenters. The maximum absolute atomic E-state index is 12.3. The third kappa shape index (κ3) is 6.32. The van der Waals surface area contributed by atoms with Gasteiger partial charge in [-0.2, -0.15) is 0 Å². The van der Waals surface area contributed by atoms with E-state index in [1.54, 1.807) is 11.8 Å². The van der Waals surface area contributed by atoms with Gasteiger partial charge in [-0.3, -0.25) is 10.1 Å². The lowest BCUT2D eigenvalue weighted by Gasteiger charge is -2.04. The van der Waals surface area contributed by atoms with Gasteiger partial charge in [0.2, 0.25) is 11.8 Å². The van der Waals surface area contributed by atoms with E-state index in [-0.39, 0.29) is 35.4 Å². The molecule has 3 aromatic rings. The Balaban J connectivity index is 1.47. The summed E-state index contributed by atoms with van der Waals surface area (Å²) in [5.41, 5.74) is 1.02. The lowest BCUT2D eigenvalue weighted by molar-refractivity contribution is -0.116. The number of thioether (sulfide) groups is 1. The summed E-state index contributed by atoms with van der Waals surface area (Å²) < 4.78 is 30.0. The summed E-state index contributed by atoms with van der Waals surface area (Å²) in [6.07, 6.45) is 2.65. The highest BCUT2D eigenvalue weighted by Crippen LogP contribution is 2.18. The Hall–Kier alpha value is -2.36. The van der Waals surface area contributed by atoms with Crippen molar-refractivity contribution in [2.45, 2.75) is 29.1 Å². The van der Waals surface area contributed by atoms with Crippen LogP contribution in [0.1, 0.15) is 24.3 Å². The molecule has 0 fully saturated rings. The molecule has 30 heavy (non-hydrogen) atoms. The van der Waals surface area contributed by atoms with Gasteiger partial charge in [0.05, 0.1) is 17.1 Å². The highest BCUT2D eigenvalue weighted by molar-refractivity contribution is 7.98. The van der Waals surface area contributed by atoms with Crippen molar-refractivity contribution in [3.05, 3.63) is 65.0 Å². The fourth-order valence-corrected chi connectivity index (χ4v) is 4.50. The molecule has 0 unspecified atom stereocenters. The zero-order valence-corrected chi connectivity index (χ0v) is 18.6. The number of halogens is 1. The maximum Gasteiger partial charge on any atom is 0.322 e. The number of amides is 1. The molecule has 3 rings (SSSR count). The summed E-state index contributed by atoms with van der Waals surface area (Å²) in [5.74, 6) is -0.156. The summed E-state index contributed by atoms with van der Waals surface area (Å²) in [6.45, 7) is 0. The summed E-state index contributed by atoms with van der Waals surface area (Å²) in [6, 6.07) is 13.9. The van der Waals surface area contributed by atoms with Gasteiger partial charge in [-0.1, -0.05) is 28.8 Å². The van der Waals surface area contributed by atoms with Crippen molar-refractivity contribution < 1.29 is 17.6 Å². The number of carbonyl (C=O) groups excluding carboxylic acids is 1. The van der Waals surface area contributed by atoms with E-state index in [9.17, 15) is 13.2 Å². The first-order chi connectivity index (χ1) is 14.4. The zero-order valence-electron chi connectivity index (χ0n) is 16.2. The van der Waals surface area contributed by atoms with Crippen molar-refractivity contribution in [1.82, 2.24) is 10.2 Å². The number of sulfone groups is 1. The van der Waals surface area contributed by atoms with Crippen LogP contribution in [0.5, 0.6) is 0 Å². The Labute approximate surface area is 184 Å². The van der Waals surface area contributed by atoms with Gasteiger partial charge in [0, 0.05) is 16.3 Å². The topological polar surface area (TPSA) is 102 Å². The zero-order chi connectivity index (χ0) is 21.6. The first kappa shape index (κ1) is 22.3. The molecule has 2 aromatic carbocycles. The first-order valence-electron chi connectivity index (χ1n) is 9.09. The minimum Gasteiger partial charge on any atom is -0.407 e. The van der Waals surface area contributed by atoms with Gasteiger partial charge >= 0.3 is 6.01 Å². The van der Waals surface area contributed by atoms with Crippen molar-refractivity contribution in [2.24, 2.45) is 0 Å². The Morgan fingerprint density at radius 3 is 2.47 bits per heavy atom. The molecule has 0 spiro atoms. The molecular formula is C20H20ClN3O4S2. The van der Waals surface area contributed by atoms with E-state index in [0.29, 0.717) is 17.3 Å². The van der Waals surface area contributed by atoms with E-state index < -0.39 is 9.84 Å². The largest absolute Gasteiger partial charge is 0.407 e. The number of anilines is 1. The average molecular weight is 466 g/mol. The standard InChI is InChI=1S/C20H20ClN3O4S2/c1-29-16-8-4-14(5-9-16)13-19-23-24-20(28-19)22-18(25)3-2-12-30(26,27)17-10-6-15(21)7-11-17/h4-11H,2-3,12-13H2,1H3,(H,22,24,25). The highest BCUT2D eigenvalue weighted by Gasteiger charge is 2.16. The van der Waals surface area contributed by atoms with E-state index in [2.05, 4.69) is 15.5 Å². The van der Waals surface area contributed by atoms with Crippen LogP contribution in [-0.4, -0.2) is 36.5 Å². The minimum atomic E-state index is -3.47. The molecule has 0 radical (unpaired) electrons. The molecule has 7 nitrogen and oxygen atoms in total. The molecule has 0 saturated carbocycles. The van der Waals surface area contributed by atoms with Crippen molar-refractivity contribution in [3.63, 3.8) is 0 Å². The summed E-state index contributed by atoms with van der Waals surface area (Å²) >= 11 is 7.44. The number of aromatic nitrogens is 2. The lowest BCUT2D eigenvalue weighted by Crippen LogP contribution is -2.14. The van der Waals surface area contributed by atoms with Gasteiger partial charge < -0.3 is 4.42 Å². The molecule has 1 amide bonds. The number of nitrogens with one attached hydrogen (secondary N) is 1. The Bertz CT molecular complexity index is 1100. The highest BCUT2D eigenvalue weighted by atomic mass is 35.5. The second kappa shape index (κ2) is 10.1. The van der Waals surface area contributed by atoms with E-state index in [1.807, 2.05) is 30.5 Å². The molecule has 10 heteroatoms. The molecule has 1 heterocycles. The number of rotatable bonds is 9. The second-order valence-electron chi connectivity index (χ2n) is 6.45. The number of nitrogens with zero attached hydrogens (tertiary/aromatic N) is 2. The first-order valence-corrected chi connectivity index (χ1v) is 12.3. The predicted molar refractivity (Wildman–Crippen MR) is 117 cm³/mol. The molecule has 0 aliphatic rings. The van der Waals surface area contributed by atoms with Crippen LogP contribution in [0, 0.1) is 0 Å². The third-order valence-corrected chi connectivity index (χ3v) is 7.03. The van der Waals surface area contributed by atoms with Gasteiger partial charge in [0.15, 0.2) is 9.84 Å². The van der Waals surface area contributed by atoms with E-state index in [1.165, 1.54) is 24.3 Å². The van der Waals surface area contributed by atoms with Gasteiger partial charge in [-0.15, -0.1) is 16.9 Å². The van der Waals surface area contributed by atoms with Gasteiger partial charge in [0.25, 0.3) is 0 Å². The molecule has 0 aliphatic carbocycles. The minimum absolute atomic E-state index is 0.00343. The van der Waals surface area contributed by atoms with Crippen LogP contribution < -0.4 is 5.32 Å². The maximum atomic E-state index is 12.3. The third-order valence-electron chi connectivity index (χ3n) is 4.22. The van der Waals surface area contributed by atoms with Crippen LogP contribution in [0.3, 0.4) is 0 Å². The van der Waals surface area contributed by atoms with Crippen LogP contribution in [0.15, 0.2) is 62.7 Å². The van der Waals surface area contributed by atoms with Gasteiger partial charge in [-0.25, -0.2) is 8.42 Å². The normalized spacial score (nSPS) is 11.4. The van der Waals surface area contributed by atoms with Crippen molar-refractivity contribution in [1.29, 1.82) is 0 Å². The van der Waals surface area contributed by atoms with Crippen molar-refractivity contribution in [2.75, 3.05) is 17.3 Å². The average Bonchev–Trinajstić information content (AvgIpc) is 3.15. The van der Waals surface area contributed by atoms with Crippen molar-refractivity contribution in [3.8, 4) is 0 Å². The van der Waals surface area contributed by atoms with Gasteiger partial charge in [0.1, 0.15) is 0 Å². The number of hydrogen-bond acceptors (Lipinski definition) is 7. The van der Waals surface area contributed by atoms with Crippen LogP contribution in [0.2, 0.25) is 5.02 Å². The molecular weight excluding hydrogens is 446 g/mol. The molecule has 0 aliphatic heterocycles. The van der Waals surface area contributed by atoms with Crippen molar-refractivity contribution >= 4 is 45.1 Å². The Morgan fingerprint density at radius 1 is 1.10 bits per heavy atom. The van der Waals surface area contributed by atoms with E-state index in [0.717, 1.165) is 10.5 Å². The fourth-order valence-electron chi connectivity index (χ4n) is 2.66. The SMILES string of the molecule is CSc1ccc(Cc2nnc(NC(=O)CCCS(=O)(=O)c3ccc(Cl)cc3)o2)cc1. The van der Waals surface area contributed by atoms with Crippen LogP contribution >= 0.6 is 23.4 Å². The molecule has 1 aromatic heterocycles. The Morgan fingerprint density at radius 2 is 1.80 bits per heavy atom. The molecule has 0 saturated heterocycles. The molecule has 0 bridgehead atoms. The fraction of sp³-hybridized carbons (Fsp3) is 0.250. The summed E-state index contributed by atoms with van der Waals surface area (Å²) in [5, 5.41) is 10.7. The smallest absolute Gasteiger partial charge is 0.322 e.